The standard InChI is InChI=1S/C13H24O2/c1-7-10(5)13(14)15-12(8-2)11(6)9(3)4/h9,11-12H,5,7-8H2,1-4,6H3. The molecule has 2 heteroatoms. The molecule has 0 rings (SSSR count). The quantitative estimate of drug-likeness (QED) is 0.497. The van der Waals surface area contributed by atoms with E-state index in [4.69, 9.17) is 4.74 Å². The molecule has 2 atom stereocenters. The average Bonchev–Trinajstić information content (AvgIpc) is 2.22. The Kier molecular flexibility index (Phi) is 6.30. The van der Waals surface area contributed by atoms with Gasteiger partial charge in [0.1, 0.15) is 6.10 Å². The minimum Gasteiger partial charge on any atom is -0.459 e. The van der Waals surface area contributed by atoms with Crippen LogP contribution >= 0.6 is 0 Å². The van der Waals surface area contributed by atoms with Gasteiger partial charge in [-0.15, -0.1) is 0 Å². The van der Waals surface area contributed by atoms with Gasteiger partial charge in [0.15, 0.2) is 0 Å². The summed E-state index contributed by atoms with van der Waals surface area (Å²) in [7, 11) is 0. The zero-order chi connectivity index (χ0) is 12.0. The predicted molar refractivity (Wildman–Crippen MR) is 63.6 cm³/mol. The highest BCUT2D eigenvalue weighted by atomic mass is 16.5. The minimum absolute atomic E-state index is 0.0146. The molecule has 0 amide bonds. The van der Waals surface area contributed by atoms with Crippen LogP contribution in [0.5, 0.6) is 0 Å². The lowest BCUT2D eigenvalue weighted by atomic mass is 9.91. The van der Waals surface area contributed by atoms with Gasteiger partial charge in [-0.2, -0.15) is 0 Å². The van der Waals surface area contributed by atoms with Crippen LogP contribution in [0.3, 0.4) is 0 Å². The second-order valence-corrected chi connectivity index (χ2v) is 4.41. The first-order valence-corrected chi connectivity index (χ1v) is 5.82. The number of hydrogen-bond donors (Lipinski definition) is 0. The van der Waals surface area contributed by atoms with Crippen molar-refractivity contribution < 1.29 is 9.53 Å². The Hall–Kier alpha value is -0.790. The van der Waals surface area contributed by atoms with Crippen molar-refractivity contribution in [3.8, 4) is 0 Å². The van der Waals surface area contributed by atoms with Gasteiger partial charge in [0, 0.05) is 5.57 Å². The van der Waals surface area contributed by atoms with E-state index in [1.54, 1.807) is 0 Å². The molecule has 0 aromatic rings. The van der Waals surface area contributed by atoms with E-state index < -0.39 is 0 Å². The Labute approximate surface area is 93.7 Å². The molecule has 0 N–H and O–H groups in total. The second kappa shape index (κ2) is 6.65. The van der Waals surface area contributed by atoms with E-state index in [9.17, 15) is 4.79 Å². The van der Waals surface area contributed by atoms with Crippen molar-refractivity contribution in [3.63, 3.8) is 0 Å². The fraction of sp³-hybridized carbons (Fsp3) is 0.769. The predicted octanol–water partition coefficient (Wildman–Crippen LogP) is 3.57. The van der Waals surface area contributed by atoms with Crippen LogP contribution in [0.1, 0.15) is 47.5 Å². The average molecular weight is 212 g/mol. The lowest BCUT2D eigenvalue weighted by Gasteiger charge is -2.26. The first-order valence-electron chi connectivity index (χ1n) is 5.82. The van der Waals surface area contributed by atoms with Crippen LogP contribution in [0.15, 0.2) is 12.2 Å². The molecule has 0 spiro atoms. The first kappa shape index (κ1) is 14.2. The van der Waals surface area contributed by atoms with Crippen LogP contribution in [0.2, 0.25) is 0 Å². The maximum absolute atomic E-state index is 11.5. The van der Waals surface area contributed by atoms with E-state index in [1.807, 2.05) is 13.8 Å². The third-order valence-electron chi connectivity index (χ3n) is 3.01. The SMILES string of the molecule is C=C(CC)C(=O)OC(CC)C(C)C(C)C. The lowest BCUT2D eigenvalue weighted by Crippen LogP contribution is -2.28. The van der Waals surface area contributed by atoms with Crippen LogP contribution in [0.25, 0.3) is 0 Å². The van der Waals surface area contributed by atoms with Crippen molar-refractivity contribution in [3.05, 3.63) is 12.2 Å². The molecule has 0 aromatic heterocycles. The highest BCUT2D eigenvalue weighted by Gasteiger charge is 2.22. The van der Waals surface area contributed by atoms with Crippen molar-refractivity contribution in [1.29, 1.82) is 0 Å². The number of hydrogen-bond acceptors (Lipinski definition) is 2. The maximum atomic E-state index is 11.5. The van der Waals surface area contributed by atoms with Crippen LogP contribution < -0.4 is 0 Å². The first-order chi connectivity index (χ1) is 6.93. The number of ether oxygens (including phenoxy) is 1. The Morgan fingerprint density at radius 3 is 2.13 bits per heavy atom. The van der Waals surface area contributed by atoms with Crippen molar-refractivity contribution in [2.45, 2.75) is 53.6 Å². The summed E-state index contributed by atoms with van der Waals surface area (Å²) in [6.45, 7) is 14.1. The van der Waals surface area contributed by atoms with E-state index in [1.165, 1.54) is 0 Å². The molecule has 0 aliphatic rings. The molecule has 2 nitrogen and oxygen atoms in total. The van der Waals surface area contributed by atoms with Gasteiger partial charge < -0.3 is 4.74 Å². The van der Waals surface area contributed by atoms with Gasteiger partial charge in [0.2, 0.25) is 0 Å². The van der Waals surface area contributed by atoms with Crippen molar-refractivity contribution >= 4 is 5.97 Å². The third kappa shape index (κ3) is 4.50. The van der Waals surface area contributed by atoms with Gasteiger partial charge in [0.25, 0.3) is 0 Å². The normalized spacial score (nSPS) is 14.8. The molecule has 0 saturated carbocycles. The molecule has 0 aromatic carbocycles. The molecular weight excluding hydrogens is 188 g/mol. The fourth-order valence-electron chi connectivity index (χ4n) is 1.36. The molecule has 2 unspecified atom stereocenters. The molecular formula is C13H24O2. The van der Waals surface area contributed by atoms with Crippen molar-refractivity contribution in [1.82, 2.24) is 0 Å². The van der Waals surface area contributed by atoms with E-state index in [0.29, 0.717) is 23.8 Å². The van der Waals surface area contributed by atoms with Crippen LogP contribution in [0.4, 0.5) is 0 Å². The number of rotatable bonds is 6. The summed E-state index contributed by atoms with van der Waals surface area (Å²) < 4.78 is 5.44. The Bertz CT molecular complexity index is 219. The fourth-order valence-corrected chi connectivity index (χ4v) is 1.36. The number of carbonyl (C=O) groups is 1. The highest BCUT2D eigenvalue weighted by molar-refractivity contribution is 5.87. The van der Waals surface area contributed by atoms with E-state index >= 15 is 0 Å². The summed E-state index contributed by atoms with van der Waals surface area (Å²) in [5.41, 5.74) is 0.560. The van der Waals surface area contributed by atoms with E-state index in [0.717, 1.165) is 6.42 Å². The zero-order valence-corrected chi connectivity index (χ0v) is 10.7. The largest absolute Gasteiger partial charge is 0.459 e. The van der Waals surface area contributed by atoms with Crippen molar-refractivity contribution in [2.24, 2.45) is 11.8 Å². The lowest BCUT2D eigenvalue weighted by molar-refractivity contribution is -0.147. The summed E-state index contributed by atoms with van der Waals surface area (Å²) in [5, 5.41) is 0. The van der Waals surface area contributed by atoms with Crippen LogP contribution in [0, 0.1) is 11.8 Å². The minimum atomic E-state index is -0.239. The smallest absolute Gasteiger partial charge is 0.333 e. The molecule has 0 bridgehead atoms. The van der Waals surface area contributed by atoms with E-state index in [-0.39, 0.29) is 12.1 Å². The van der Waals surface area contributed by atoms with Crippen molar-refractivity contribution in [2.75, 3.05) is 0 Å². The summed E-state index contributed by atoms with van der Waals surface area (Å²) in [6.07, 6.45) is 1.54. The van der Waals surface area contributed by atoms with Gasteiger partial charge in [-0.25, -0.2) is 4.79 Å². The molecule has 0 aliphatic carbocycles. The molecule has 0 aliphatic heterocycles. The number of carbonyl (C=O) groups excluding carboxylic acids is 1. The molecule has 0 saturated heterocycles. The van der Waals surface area contributed by atoms with Gasteiger partial charge in [-0.05, 0) is 24.7 Å². The zero-order valence-electron chi connectivity index (χ0n) is 10.7. The molecule has 0 heterocycles. The van der Waals surface area contributed by atoms with Gasteiger partial charge in [-0.3, -0.25) is 0 Å². The van der Waals surface area contributed by atoms with Crippen LogP contribution in [-0.4, -0.2) is 12.1 Å². The summed E-state index contributed by atoms with van der Waals surface area (Å²) in [6, 6.07) is 0. The molecule has 0 radical (unpaired) electrons. The molecule has 0 fully saturated rings. The molecule has 88 valence electrons. The third-order valence-corrected chi connectivity index (χ3v) is 3.01. The topological polar surface area (TPSA) is 26.3 Å². The van der Waals surface area contributed by atoms with Gasteiger partial charge >= 0.3 is 5.97 Å². The van der Waals surface area contributed by atoms with E-state index in [2.05, 4.69) is 27.4 Å². The second-order valence-electron chi connectivity index (χ2n) is 4.41. The maximum Gasteiger partial charge on any atom is 0.333 e. The monoisotopic (exact) mass is 212 g/mol. The summed E-state index contributed by atoms with van der Waals surface area (Å²) >= 11 is 0. The Balaban J connectivity index is 4.33. The summed E-state index contributed by atoms with van der Waals surface area (Å²) in [5.74, 6) is 0.679. The Morgan fingerprint density at radius 1 is 1.27 bits per heavy atom. The van der Waals surface area contributed by atoms with Gasteiger partial charge in [-0.1, -0.05) is 41.2 Å². The van der Waals surface area contributed by atoms with Gasteiger partial charge in [0.05, 0.1) is 0 Å². The van der Waals surface area contributed by atoms with Crippen LogP contribution in [-0.2, 0) is 9.53 Å². The summed E-state index contributed by atoms with van der Waals surface area (Å²) in [4.78, 5) is 11.5. The highest BCUT2D eigenvalue weighted by Crippen LogP contribution is 2.21. The number of esters is 1. The Morgan fingerprint density at radius 2 is 1.80 bits per heavy atom. The molecule has 15 heavy (non-hydrogen) atoms.